The Balaban J connectivity index is 2.65. The summed E-state index contributed by atoms with van der Waals surface area (Å²) in [7, 11) is 1.82. The summed E-state index contributed by atoms with van der Waals surface area (Å²) in [6.07, 6.45) is 0. The molecular formula is C12H23N3O. The van der Waals surface area contributed by atoms with Crippen LogP contribution in [-0.4, -0.2) is 48.8 Å². The smallest absolute Gasteiger partial charge is 0.108 e. The van der Waals surface area contributed by atoms with E-state index in [2.05, 4.69) is 44.0 Å². The molecule has 92 valence electrons. The first-order valence-electron chi connectivity index (χ1n) is 5.77. The van der Waals surface area contributed by atoms with Crippen molar-refractivity contribution in [1.82, 2.24) is 10.2 Å². The number of rotatable bonds is 3. The van der Waals surface area contributed by atoms with E-state index in [4.69, 9.17) is 10.00 Å². The van der Waals surface area contributed by atoms with Crippen molar-refractivity contribution in [3.05, 3.63) is 0 Å². The lowest BCUT2D eigenvalue weighted by atomic mass is 9.98. The summed E-state index contributed by atoms with van der Waals surface area (Å²) in [5.74, 6) is 0. The Morgan fingerprint density at radius 2 is 1.81 bits per heavy atom. The lowest BCUT2D eigenvalue weighted by Gasteiger charge is -2.47. The number of hydrogen-bond acceptors (Lipinski definition) is 4. The molecule has 1 heterocycles. The molecule has 1 aliphatic heterocycles. The molecule has 0 aromatic rings. The van der Waals surface area contributed by atoms with Crippen LogP contribution in [0.3, 0.4) is 0 Å². The third-order valence-electron chi connectivity index (χ3n) is 2.71. The molecule has 1 saturated heterocycles. The van der Waals surface area contributed by atoms with Crippen LogP contribution >= 0.6 is 0 Å². The van der Waals surface area contributed by atoms with E-state index in [1.54, 1.807) is 0 Å². The minimum Gasteiger partial charge on any atom is -0.367 e. The van der Waals surface area contributed by atoms with Crippen LogP contribution in [0.2, 0.25) is 0 Å². The van der Waals surface area contributed by atoms with Gasteiger partial charge in [-0.05, 0) is 34.7 Å². The maximum Gasteiger partial charge on any atom is 0.108 e. The van der Waals surface area contributed by atoms with E-state index in [1.165, 1.54) is 0 Å². The Bertz CT molecular complexity index is 264. The van der Waals surface area contributed by atoms with Gasteiger partial charge in [-0.1, -0.05) is 0 Å². The summed E-state index contributed by atoms with van der Waals surface area (Å²) in [5, 5.41) is 12.0. The summed E-state index contributed by atoms with van der Waals surface area (Å²) in [6, 6.07) is 2.15. The predicted octanol–water partition coefficient (Wildman–Crippen LogP) is 0.987. The second kappa shape index (κ2) is 4.70. The fourth-order valence-electron chi connectivity index (χ4n) is 2.53. The normalized spacial score (nSPS) is 26.0. The second-order valence-electron chi connectivity index (χ2n) is 5.76. The van der Waals surface area contributed by atoms with Gasteiger partial charge in [0.1, 0.15) is 6.04 Å². The van der Waals surface area contributed by atoms with Crippen LogP contribution in [0.5, 0.6) is 0 Å². The van der Waals surface area contributed by atoms with E-state index < -0.39 is 0 Å². The molecule has 4 heteroatoms. The first-order chi connectivity index (χ1) is 7.28. The van der Waals surface area contributed by atoms with Crippen LogP contribution in [0.1, 0.15) is 27.7 Å². The number of morpholine rings is 1. The number of likely N-dealkylation sites (N-methyl/N-ethyl adjacent to an activating group) is 1. The fourth-order valence-corrected chi connectivity index (χ4v) is 2.53. The van der Waals surface area contributed by atoms with Gasteiger partial charge in [-0.15, -0.1) is 0 Å². The molecule has 1 fully saturated rings. The van der Waals surface area contributed by atoms with Gasteiger partial charge in [0.15, 0.2) is 0 Å². The molecule has 1 atom stereocenters. The Kier molecular flexibility index (Phi) is 3.95. The molecule has 16 heavy (non-hydrogen) atoms. The van der Waals surface area contributed by atoms with E-state index in [-0.39, 0.29) is 17.2 Å². The fraction of sp³-hybridized carbons (Fsp3) is 0.917. The topological polar surface area (TPSA) is 48.3 Å². The molecule has 1 aliphatic rings. The van der Waals surface area contributed by atoms with Crippen LogP contribution in [0, 0.1) is 11.3 Å². The number of nitriles is 1. The molecule has 0 amide bonds. The van der Waals surface area contributed by atoms with Crippen molar-refractivity contribution < 1.29 is 4.74 Å². The van der Waals surface area contributed by atoms with Crippen molar-refractivity contribution in [2.24, 2.45) is 0 Å². The molecule has 0 aliphatic carbocycles. The van der Waals surface area contributed by atoms with Crippen LogP contribution in [0.4, 0.5) is 0 Å². The maximum absolute atomic E-state index is 8.95. The monoisotopic (exact) mass is 225 g/mol. The van der Waals surface area contributed by atoms with Gasteiger partial charge in [-0.25, -0.2) is 0 Å². The van der Waals surface area contributed by atoms with E-state index in [0.717, 1.165) is 19.6 Å². The SMILES string of the molecule is CNC(C#N)CN1CC(C)(C)OC(C)(C)C1. The molecule has 0 bridgehead atoms. The summed E-state index contributed by atoms with van der Waals surface area (Å²) in [4.78, 5) is 2.30. The van der Waals surface area contributed by atoms with E-state index in [1.807, 2.05) is 7.05 Å². The van der Waals surface area contributed by atoms with Crippen molar-refractivity contribution in [3.63, 3.8) is 0 Å². The van der Waals surface area contributed by atoms with E-state index in [0.29, 0.717) is 0 Å². The van der Waals surface area contributed by atoms with Gasteiger partial charge in [0.25, 0.3) is 0 Å². The molecule has 0 radical (unpaired) electrons. The summed E-state index contributed by atoms with van der Waals surface area (Å²) >= 11 is 0. The van der Waals surface area contributed by atoms with E-state index in [9.17, 15) is 0 Å². The lowest BCUT2D eigenvalue weighted by Crippen LogP contribution is -2.59. The van der Waals surface area contributed by atoms with Gasteiger partial charge < -0.3 is 10.1 Å². The summed E-state index contributed by atoms with van der Waals surface area (Å²) < 4.78 is 6.00. The number of ether oxygens (including phenoxy) is 1. The Morgan fingerprint density at radius 3 is 2.19 bits per heavy atom. The quantitative estimate of drug-likeness (QED) is 0.778. The average Bonchev–Trinajstić information content (AvgIpc) is 2.09. The predicted molar refractivity (Wildman–Crippen MR) is 64.1 cm³/mol. The largest absolute Gasteiger partial charge is 0.367 e. The Hall–Kier alpha value is -0.630. The molecule has 0 aromatic carbocycles. The third-order valence-corrected chi connectivity index (χ3v) is 2.71. The minimum atomic E-state index is -0.143. The van der Waals surface area contributed by atoms with Crippen molar-refractivity contribution >= 4 is 0 Å². The zero-order valence-electron chi connectivity index (χ0n) is 11.0. The molecule has 1 rings (SSSR count). The highest BCUT2D eigenvalue weighted by Gasteiger charge is 2.38. The van der Waals surface area contributed by atoms with Crippen LogP contribution in [0.15, 0.2) is 0 Å². The van der Waals surface area contributed by atoms with Crippen molar-refractivity contribution in [1.29, 1.82) is 5.26 Å². The first kappa shape index (κ1) is 13.4. The maximum atomic E-state index is 8.95. The minimum absolute atomic E-state index is 0.107. The molecule has 0 saturated carbocycles. The highest BCUT2D eigenvalue weighted by Crippen LogP contribution is 2.27. The van der Waals surface area contributed by atoms with Gasteiger partial charge in [-0.3, -0.25) is 4.90 Å². The highest BCUT2D eigenvalue weighted by atomic mass is 16.5. The van der Waals surface area contributed by atoms with Gasteiger partial charge in [0.2, 0.25) is 0 Å². The lowest BCUT2D eigenvalue weighted by molar-refractivity contribution is -0.180. The molecule has 1 unspecified atom stereocenters. The third kappa shape index (κ3) is 3.75. The van der Waals surface area contributed by atoms with Crippen molar-refractivity contribution in [3.8, 4) is 6.07 Å². The van der Waals surface area contributed by atoms with Gasteiger partial charge in [0.05, 0.1) is 17.3 Å². The molecular weight excluding hydrogens is 202 g/mol. The molecule has 4 nitrogen and oxygen atoms in total. The number of nitrogens with zero attached hydrogens (tertiary/aromatic N) is 2. The Labute approximate surface area is 98.6 Å². The van der Waals surface area contributed by atoms with Gasteiger partial charge in [-0.2, -0.15) is 5.26 Å². The zero-order valence-corrected chi connectivity index (χ0v) is 11.0. The van der Waals surface area contributed by atoms with Crippen LogP contribution in [-0.2, 0) is 4.74 Å². The van der Waals surface area contributed by atoms with Crippen molar-refractivity contribution in [2.75, 3.05) is 26.7 Å². The van der Waals surface area contributed by atoms with Crippen LogP contribution < -0.4 is 5.32 Å². The number of nitrogens with one attached hydrogen (secondary N) is 1. The Morgan fingerprint density at radius 1 is 1.31 bits per heavy atom. The molecule has 0 aromatic heterocycles. The summed E-state index contributed by atoms with van der Waals surface area (Å²) in [5.41, 5.74) is -0.287. The highest BCUT2D eigenvalue weighted by molar-refractivity contribution is 4.95. The molecule has 0 spiro atoms. The first-order valence-corrected chi connectivity index (χ1v) is 5.77. The number of hydrogen-bond donors (Lipinski definition) is 1. The van der Waals surface area contributed by atoms with Crippen LogP contribution in [0.25, 0.3) is 0 Å². The second-order valence-corrected chi connectivity index (χ2v) is 5.76. The standard InChI is InChI=1S/C12H23N3O/c1-11(2)8-15(7-10(6-13)14-5)9-12(3,4)16-11/h10,14H,7-9H2,1-5H3. The molecule has 1 N–H and O–H groups in total. The summed E-state index contributed by atoms with van der Waals surface area (Å²) in [6.45, 7) is 10.9. The zero-order chi connectivity index (χ0) is 12.4. The van der Waals surface area contributed by atoms with E-state index >= 15 is 0 Å². The average molecular weight is 225 g/mol. The van der Waals surface area contributed by atoms with Gasteiger partial charge in [0, 0.05) is 19.6 Å². The van der Waals surface area contributed by atoms with Crippen molar-refractivity contribution in [2.45, 2.75) is 44.9 Å². The van der Waals surface area contributed by atoms with Gasteiger partial charge >= 0.3 is 0 Å².